The van der Waals surface area contributed by atoms with Gasteiger partial charge in [-0.1, -0.05) is 13.8 Å². The Balaban J connectivity index is 1.71. The van der Waals surface area contributed by atoms with E-state index in [2.05, 4.69) is 36.0 Å². The summed E-state index contributed by atoms with van der Waals surface area (Å²) in [5.41, 5.74) is 0. The maximum atomic E-state index is 12.3. The van der Waals surface area contributed by atoms with Gasteiger partial charge in [0, 0.05) is 38.8 Å². The lowest BCUT2D eigenvalue weighted by Gasteiger charge is -2.38. The molecule has 2 aliphatic heterocycles. The Kier molecular flexibility index (Phi) is 6.45. The highest BCUT2D eigenvalue weighted by Gasteiger charge is 2.25. The maximum absolute atomic E-state index is 12.3. The minimum absolute atomic E-state index is 0.295. The second-order valence-electron chi connectivity index (χ2n) is 6.97. The van der Waals surface area contributed by atoms with Gasteiger partial charge in [0.25, 0.3) is 0 Å². The number of amides is 1. The van der Waals surface area contributed by atoms with E-state index >= 15 is 0 Å². The highest BCUT2D eigenvalue weighted by molar-refractivity contribution is 5.78. The van der Waals surface area contributed by atoms with Crippen molar-refractivity contribution in [1.82, 2.24) is 20.0 Å². The molecule has 5 heteroatoms. The van der Waals surface area contributed by atoms with Crippen LogP contribution in [0, 0.1) is 5.92 Å². The Hall–Kier alpha value is -0.650. The van der Waals surface area contributed by atoms with Gasteiger partial charge in [-0.2, -0.15) is 0 Å². The summed E-state index contributed by atoms with van der Waals surface area (Å²) in [6, 6.07) is 0.570. The van der Waals surface area contributed by atoms with Gasteiger partial charge in [0.1, 0.15) is 0 Å². The van der Waals surface area contributed by atoms with Crippen molar-refractivity contribution in [3.63, 3.8) is 0 Å². The molecular weight excluding hydrogens is 264 g/mol. The summed E-state index contributed by atoms with van der Waals surface area (Å²) in [6.07, 6.45) is 2.39. The lowest BCUT2D eigenvalue weighted by molar-refractivity contribution is -0.133. The predicted molar refractivity (Wildman–Crippen MR) is 86.4 cm³/mol. The average molecular weight is 296 g/mol. The van der Waals surface area contributed by atoms with Gasteiger partial charge in [-0.25, -0.2) is 0 Å². The van der Waals surface area contributed by atoms with E-state index in [4.69, 9.17) is 0 Å². The number of hydrogen-bond acceptors (Lipinski definition) is 4. The molecule has 0 atom stereocenters. The number of carbonyl (C=O) groups excluding carboxylic acids is 1. The fraction of sp³-hybridized carbons (Fsp3) is 0.938. The Bertz CT molecular complexity index is 320. The number of likely N-dealkylation sites (tertiary alicyclic amines) is 1. The van der Waals surface area contributed by atoms with Crippen molar-refractivity contribution in [2.75, 3.05) is 59.4 Å². The number of piperazine rings is 1. The fourth-order valence-electron chi connectivity index (χ4n) is 3.42. The first-order chi connectivity index (χ1) is 10.1. The molecule has 2 heterocycles. The van der Waals surface area contributed by atoms with Crippen LogP contribution in [0.15, 0.2) is 0 Å². The van der Waals surface area contributed by atoms with Crippen LogP contribution in [0.3, 0.4) is 0 Å². The molecule has 0 aromatic rings. The van der Waals surface area contributed by atoms with Gasteiger partial charge < -0.3 is 15.1 Å². The van der Waals surface area contributed by atoms with Gasteiger partial charge >= 0.3 is 0 Å². The molecule has 0 aromatic carbocycles. The van der Waals surface area contributed by atoms with E-state index in [1.54, 1.807) is 0 Å². The maximum Gasteiger partial charge on any atom is 0.236 e. The van der Waals surface area contributed by atoms with Crippen molar-refractivity contribution in [2.24, 2.45) is 5.92 Å². The summed E-state index contributed by atoms with van der Waals surface area (Å²) >= 11 is 0. The number of likely N-dealkylation sites (N-methyl/N-ethyl adjacent to an activating group) is 1. The molecule has 0 spiro atoms. The fourth-order valence-corrected chi connectivity index (χ4v) is 3.42. The molecule has 2 fully saturated rings. The van der Waals surface area contributed by atoms with Crippen LogP contribution in [-0.2, 0) is 4.79 Å². The number of rotatable bonds is 5. The summed E-state index contributed by atoms with van der Waals surface area (Å²) in [4.78, 5) is 19.1. The molecule has 0 radical (unpaired) electrons. The molecule has 0 aliphatic carbocycles. The quantitative estimate of drug-likeness (QED) is 0.800. The minimum atomic E-state index is 0.295. The van der Waals surface area contributed by atoms with Crippen LogP contribution in [0.4, 0.5) is 0 Å². The highest BCUT2D eigenvalue weighted by atomic mass is 16.2. The van der Waals surface area contributed by atoms with Crippen molar-refractivity contribution in [3.8, 4) is 0 Å². The summed E-state index contributed by atoms with van der Waals surface area (Å²) in [6.45, 7) is 12.3. The molecule has 0 unspecified atom stereocenters. The number of hydrogen-bond donors (Lipinski definition) is 1. The molecule has 21 heavy (non-hydrogen) atoms. The van der Waals surface area contributed by atoms with Crippen molar-refractivity contribution >= 4 is 5.91 Å². The average Bonchev–Trinajstić information content (AvgIpc) is 2.48. The Morgan fingerprint density at radius 2 is 1.81 bits per heavy atom. The molecule has 0 saturated carbocycles. The molecular formula is C16H32N4O. The van der Waals surface area contributed by atoms with Gasteiger partial charge in [0.05, 0.1) is 6.54 Å². The molecule has 0 bridgehead atoms. The third-order valence-corrected chi connectivity index (χ3v) is 4.66. The number of piperidine rings is 1. The third-order valence-electron chi connectivity index (χ3n) is 4.66. The molecule has 0 aromatic heterocycles. The van der Waals surface area contributed by atoms with E-state index < -0.39 is 0 Å². The van der Waals surface area contributed by atoms with E-state index in [9.17, 15) is 4.79 Å². The first kappa shape index (κ1) is 16.7. The SMILES string of the molecule is CC(C)CN1CCC(N(C)CC(=O)N2CCNCC2)CC1. The second kappa shape index (κ2) is 8.11. The van der Waals surface area contributed by atoms with Crippen LogP contribution in [0.5, 0.6) is 0 Å². The molecule has 122 valence electrons. The highest BCUT2D eigenvalue weighted by Crippen LogP contribution is 2.16. The largest absolute Gasteiger partial charge is 0.339 e. The third kappa shape index (κ3) is 5.24. The van der Waals surface area contributed by atoms with Gasteiger partial charge in [0.15, 0.2) is 0 Å². The lowest BCUT2D eigenvalue weighted by atomic mass is 10.0. The van der Waals surface area contributed by atoms with Crippen LogP contribution in [0.1, 0.15) is 26.7 Å². The van der Waals surface area contributed by atoms with Gasteiger partial charge in [-0.3, -0.25) is 9.69 Å². The van der Waals surface area contributed by atoms with Crippen molar-refractivity contribution in [1.29, 1.82) is 0 Å². The second-order valence-corrected chi connectivity index (χ2v) is 6.97. The van der Waals surface area contributed by atoms with Crippen molar-refractivity contribution in [2.45, 2.75) is 32.7 Å². The molecule has 2 aliphatic rings. The standard InChI is InChI=1S/C16H32N4O/c1-14(2)12-19-8-4-15(5-9-19)18(3)13-16(21)20-10-6-17-7-11-20/h14-15,17H,4-13H2,1-3H3. The van der Waals surface area contributed by atoms with Crippen LogP contribution >= 0.6 is 0 Å². The number of nitrogens with zero attached hydrogens (tertiary/aromatic N) is 3. The summed E-state index contributed by atoms with van der Waals surface area (Å²) in [5, 5.41) is 3.29. The Morgan fingerprint density at radius 3 is 2.38 bits per heavy atom. The normalized spacial score (nSPS) is 22.2. The zero-order chi connectivity index (χ0) is 15.2. The van der Waals surface area contributed by atoms with Crippen LogP contribution in [0.25, 0.3) is 0 Å². The zero-order valence-electron chi connectivity index (χ0n) is 14.0. The first-order valence-electron chi connectivity index (χ1n) is 8.47. The van der Waals surface area contributed by atoms with E-state index in [-0.39, 0.29) is 0 Å². The van der Waals surface area contributed by atoms with Crippen LogP contribution in [0.2, 0.25) is 0 Å². The van der Waals surface area contributed by atoms with E-state index in [0.717, 1.165) is 32.1 Å². The monoisotopic (exact) mass is 296 g/mol. The summed E-state index contributed by atoms with van der Waals surface area (Å²) in [5.74, 6) is 1.04. The smallest absolute Gasteiger partial charge is 0.236 e. The van der Waals surface area contributed by atoms with Gasteiger partial charge in [-0.05, 0) is 38.9 Å². The van der Waals surface area contributed by atoms with Crippen molar-refractivity contribution < 1.29 is 4.79 Å². The molecule has 1 N–H and O–H groups in total. The summed E-state index contributed by atoms with van der Waals surface area (Å²) in [7, 11) is 2.11. The lowest BCUT2D eigenvalue weighted by Crippen LogP contribution is -2.51. The Labute approximate surface area is 129 Å². The van der Waals surface area contributed by atoms with E-state index in [0.29, 0.717) is 18.5 Å². The first-order valence-corrected chi connectivity index (χ1v) is 8.47. The molecule has 2 saturated heterocycles. The van der Waals surface area contributed by atoms with E-state index in [1.165, 1.54) is 32.5 Å². The number of carbonyl (C=O) groups is 1. The van der Waals surface area contributed by atoms with Crippen LogP contribution in [-0.4, -0.2) is 86.1 Å². The predicted octanol–water partition coefficient (Wildman–Crippen LogP) is 0.470. The minimum Gasteiger partial charge on any atom is -0.339 e. The zero-order valence-corrected chi connectivity index (χ0v) is 14.0. The van der Waals surface area contributed by atoms with Gasteiger partial charge in [-0.15, -0.1) is 0 Å². The van der Waals surface area contributed by atoms with Gasteiger partial charge in [0.2, 0.25) is 5.91 Å². The topological polar surface area (TPSA) is 38.8 Å². The summed E-state index contributed by atoms with van der Waals surface area (Å²) < 4.78 is 0. The Morgan fingerprint density at radius 1 is 1.19 bits per heavy atom. The molecule has 1 amide bonds. The number of nitrogens with one attached hydrogen (secondary N) is 1. The molecule has 5 nitrogen and oxygen atoms in total. The molecule has 2 rings (SSSR count). The van der Waals surface area contributed by atoms with Crippen LogP contribution < -0.4 is 5.32 Å². The van der Waals surface area contributed by atoms with E-state index in [1.807, 2.05) is 4.90 Å². The van der Waals surface area contributed by atoms with Crippen molar-refractivity contribution in [3.05, 3.63) is 0 Å².